The zero-order chi connectivity index (χ0) is 28.8. The fraction of sp³-hybridized carbons (Fsp3) is 0.433. The molecular weight excluding hydrogens is 529 g/mol. The van der Waals surface area contributed by atoms with E-state index < -0.39 is 20.7 Å². The van der Waals surface area contributed by atoms with Crippen LogP contribution in [0.2, 0.25) is 11.6 Å². The second-order valence-corrected chi connectivity index (χ2v) is 14.7. The summed E-state index contributed by atoms with van der Waals surface area (Å²) in [6.07, 6.45) is 3.28. The van der Waals surface area contributed by atoms with Crippen molar-refractivity contribution in [3.05, 3.63) is 77.9 Å². The van der Waals surface area contributed by atoms with E-state index in [-0.39, 0.29) is 36.7 Å². The Balaban J connectivity index is 1.27. The lowest BCUT2D eigenvalue weighted by atomic mass is 9.92. The summed E-state index contributed by atoms with van der Waals surface area (Å²) < 4.78 is 32.3. The third kappa shape index (κ3) is 7.86. The maximum atomic E-state index is 15.2. The van der Waals surface area contributed by atoms with Crippen LogP contribution in [0.5, 0.6) is 6.01 Å². The Labute approximate surface area is 236 Å². The molecule has 0 bridgehead atoms. The average Bonchev–Trinajstić information content (AvgIpc) is 2.95. The number of halogens is 1. The van der Waals surface area contributed by atoms with Crippen LogP contribution in [-0.4, -0.2) is 60.4 Å². The lowest BCUT2D eigenvalue weighted by Gasteiger charge is -2.37. The molecule has 2 aromatic carbocycles. The maximum Gasteiger partial charge on any atom is 0.410 e. The van der Waals surface area contributed by atoms with E-state index in [0.717, 1.165) is 5.56 Å². The Hall–Kier alpha value is -3.34. The minimum absolute atomic E-state index is 0.0176. The molecule has 0 spiro atoms. The monoisotopic (exact) mass is 567 g/mol. The number of nitrogens with zero attached hydrogens (tertiary/aromatic N) is 3. The van der Waals surface area contributed by atoms with Gasteiger partial charge in [0.1, 0.15) is 24.6 Å². The molecule has 1 aliphatic rings. The average molecular weight is 568 g/mol. The number of hydrogen-bond donors (Lipinski definition) is 1. The van der Waals surface area contributed by atoms with Crippen molar-refractivity contribution in [1.82, 2.24) is 14.9 Å². The van der Waals surface area contributed by atoms with E-state index in [2.05, 4.69) is 37.3 Å². The number of rotatable bonds is 9. The molecule has 1 aromatic heterocycles. The molecule has 1 aliphatic heterocycles. The first kappa shape index (κ1) is 29.6. The van der Waals surface area contributed by atoms with Crippen molar-refractivity contribution in [2.75, 3.05) is 19.7 Å². The minimum atomic E-state index is -1.48. The van der Waals surface area contributed by atoms with E-state index in [1.165, 1.54) is 12.4 Å². The molecule has 1 N–H and O–H groups in total. The van der Waals surface area contributed by atoms with Crippen LogP contribution in [-0.2, 0) is 22.4 Å². The van der Waals surface area contributed by atoms with Crippen molar-refractivity contribution in [2.45, 2.75) is 64.0 Å². The van der Waals surface area contributed by atoms with Crippen molar-refractivity contribution in [3.8, 4) is 17.1 Å². The van der Waals surface area contributed by atoms with Crippen LogP contribution in [0.1, 0.15) is 44.7 Å². The molecule has 40 heavy (non-hydrogen) atoms. The standard InChI is InChI=1S/C30H38FN3O5Si/c1-29(2,3)40(4)39-20-23-11-8-12-25(26(23)31)24-17-32-27(33-18-24)38-21-30(36)13-15-34(16-14-30)28(35)37-19-22-9-6-5-7-10-22/h5-12,17-18,36,40H,13-16,19-21H2,1-4H3. The molecule has 3 aromatic rings. The van der Waals surface area contributed by atoms with Gasteiger partial charge in [-0.15, -0.1) is 0 Å². The van der Waals surface area contributed by atoms with Crippen LogP contribution in [0.15, 0.2) is 60.9 Å². The quantitative estimate of drug-likeness (QED) is 0.342. The molecule has 1 atom stereocenters. The van der Waals surface area contributed by atoms with E-state index in [1.54, 1.807) is 23.1 Å². The van der Waals surface area contributed by atoms with Gasteiger partial charge < -0.3 is 23.9 Å². The van der Waals surface area contributed by atoms with Crippen LogP contribution < -0.4 is 4.74 Å². The molecule has 1 unspecified atom stereocenters. The van der Waals surface area contributed by atoms with E-state index in [1.807, 2.05) is 30.3 Å². The SMILES string of the molecule is C[SiH](OCc1cccc(-c2cnc(OCC3(O)CCN(C(=O)OCc4ccccc4)CC3)nc2)c1F)C(C)(C)C. The van der Waals surface area contributed by atoms with Gasteiger partial charge in [0, 0.05) is 42.2 Å². The fourth-order valence-electron chi connectivity index (χ4n) is 4.17. The van der Waals surface area contributed by atoms with Gasteiger partial charge in [-0.2, -0.15) is 0 Å². The van der Waals surface area contributed by atoms with Gasteiger partial charge in [0.2, 0.25) is 0 Å². The molecule has 8 nitrogen and oxygen atoms in total. The molecule has 0 radical (unpaired) electrons. The number of benzene rings is 2. The third-order valence-electron chi connectivity index (χ3n) is 7.35. The van der Waals surface area contributed by atoms with Crippen molar-refractivity contribution in [2.24, 2.45) is 0 Å². The molecule has 0 saturated carbocycles. The van der Waals surface area contributed by atoms with E-state index in [0.29, 0.717) is 42.6 Å². The smallest absolute Gasteiger partial charge is 0.410 e. The van der Waals surface area contributed by atoms with Crippen LogP contribution in [0, 0.1) is 5.82 Å². The molecule has 0 aliphatic carbocycles. The van der Waals surface area contributed by atoms with Crippen molar-refractivity contribution < 1.29 is 28.2 Å². The number of likely N-dealkylation sites (tertiary alicyclic amines) is 1. The molecule has 214 valence electrons. The van der Waals surface area contributed by atoms with Gasteiger partial charge in [0.15, 0.2) is 9.04 Å². The first-order chi connectivity index (χ1) is 19.0. The van der Waals surface area contributed by atoms with Gasteiger partial charge in [0.25, 0.3) is 0 Å². The molecular formula is C30H38FN3O5Si. The van der Waals surface area contributed by atoms with E-state index in [9.17, 15) is 9.90 Å². The highest BCUT2D eigenvalue weighted by atomic mass is 28.3. The predicted molar refractivity (Wildman–Crippen MR) is 153 cm³/mol. The molecule has 1 fully saturated rings. The number of amides is 1. The number of carbonyl (C=O) groups excluding carboxylic acids is 1. The predicted octanol–water partition coefficient (Wildman–Crippen LogP) is 5.50. The first-order valence-electron chi connectivity index (χ1n) is 13.6. The van der Waals surface area contributed by atoms with Crippen LogP contribution in [0.4, 0.5) is 9.18 Å². The molecule has 4 rings (SSSR count). The number of ether oxygens (including phenoxy) is 2. The highest BCUT2D eigenvalue weighted by Gasteiger charge is 2.35. The van der Waals surface area contributed by atoms with Gasteiger partial charge in [-0.3, -0.25) is 0 Å². The maximum absolute atomic E-state index is 15.2. The number of hydrogen-bond acceptors (Lipinski definition) is 7. The summed E-state index contributed by atoms with van der Waals surface area (Å²) in [7, 11) is -1.48. The zero-order valence-electron chi connectivity index (χ0n) is 23.6. The second-order valence-electron chi connectivity index (χ2n) is 11.4. The number of aliphatic hydroxyl groups is 1. The van der Waals surface area contributed by atoms with E-state index in [4.69, 9.17) is 13.9 Å². The highest BCUT2D eigenvalue weighted by molar-refractivity contribution is 6.53. The summed E-state index contributed by atoms with van der Waals surface area (Å²) >= 11 is 0. The lowest BCUT2D eigenvalue weighted by Crippen LogP contribution is -2.49. The Morgan fingerprint density at radius 2 is 1.73 bits per heavy atom. The van der Waals surface area contributed by atoms with Crippen molar-refractivity contribution >= 4 is 15.1 Å². The summed E-state index contributed by atoms with van der Waals surface area (Å²) in [6, 6.07) is 14.8. The van der Waals surface area contributed by atoms with Crippen molar-refractivity contribution in [1.29, 1.82) is 0 Å². The third-order valence-corrected chi connectivity index (χ3v) is 10.5. The van der Waals surface area contributed by atoms with Crippen LogP contribution in [0.25, 0.3) is 11.1 Å². The molecule has 1 amide bonds. The summed E-state index contributed by atoms with van der Waals surface area (Å²) in [6.45, 7) is 9.67. The molecule has 10 heteroatoms. The largest absolute Gasteiger partial charge is 0.460 e. The zero-order valence-corrected chi connectivity index (χ0v) is 24.8. The first-order valence-corrected chi connectivity index (χ1v) is 15.8. The second kappa shape index (κ2) is 12.9. The van der Waals surface area contributed by atoms with Gasteiger partial charge in [0.05, 0.1) is 6.61 Å². The van der Waals surface area contributed by atoms with Crippen molar-refractivity contribution in [3.63, 3.8) is 0 Å². The number of carbonyl (C=O) groups is 1. The summed E-state index contributed by atoms with van der Waals surface area (Å²) in [5, 5.41) is 11.1. The van der Waals surface area contributed by atoms with Crippen LogP contribution in [0.3, 0.4) is 0 Å². The van der Waals surface area contributed by atoms with Crippen LogP contribution >= 0.6 is 0 Å². The van der Waals surface area contributed by atoms with Gasteiger partial charge in [-0.1, -0.05) is 69.3 Å². The Kier molecular flexibility index (Phi) is 9.54. The summed E-state index contributed by atoms with van der Waals surface area (Å²) in [4.78, 5) is 22.4. The number of piperidine rings is 1. The summed E-state index contributed by atoms with van der Waals surface area (Å²) in [5.74, 6) is -0.349. The Morgan fingerprint density at radius 1 is 1.05 bits per heavy atom. The highest BCUT2D eigenvalue weighted by Crippen LogP contribution is 2.30. The Bertz CT molecular complexity index is 1260. The van der Waals surface area contributed by atoms with Gasteiger partial charge in [-0.25, -0.2) is 19.2 Å². The topological polar surface area (TPSA) is 94.0 Å². The van der Waals surface area contributed by atoms with E-state index >= 15 is 4.39 Å². The minimum Gasteiger partial charge on any atom is -0.460 e. The van der Waals surface area contributed by atoms with Gasteiger partial charge >= 0.3 is 12.1 Å². The number of aromatic nitrogens is 2. The van der Waals surface area contributed by atoms with Gasteiger partial charge in [-0.05, 0) is 30.0 Å². The normalized spacial score (nSPS) is 15.9. The Morgan fingerprint density at radius 3 is 2.38 bits per heavy atom. The molecule has 1 saturated heterocycles. The lowest BCUT2D eigenvalue weighted by molar-refractivity contribution is -0.0525. The fourth-order valence-corrected chi connectivity index (χ4v) is 5.10. The molecule has 2 heterocycles. The summed E-state index contributed by atoms with van der Waals surface area (Å²) in [5.41, 5.74) is 1.21.